The van der Waals surface area contributed by atoms with Gasteiger partial charge < -0.3 is 0 Å². The fourth-order valence-electron chi connectivity index (χ4n) is 3.21. The lowest BCUT2D eigenvalue weighted by molar-refractivity contribution is 0.569. The van der Waals surface area contributed by atoms with E-state index < -0.39 is 0 Å². The van der Waals surface area contributed by atoms with Crippen LogP contribution in [0.4, 0.5) is 0 Å². The molecule has 1 aromatic rings. The zero-order valence-electron chi connectivity index (χ0n) is 12.4. The van der Waals surface area contributed by atoms with E-state index >= 15 is 0 Å². The molecule has 1 fully saturated rings. The Morgan fingerprint density at radius 2 is 2.00 bits per heavy atom. The van der Waals surface area contributed by atoms with Gasteiger partial charge >= 0.3 is 0 Å². The van der Waals surface area contributed by atoms with Gasteiger partial charge in [0.15, 0.2) is 0 Å². The van der Waals surface area contributed by atoms with E-state index in [9.17, 15) is 0 Å². The lowest BCUT2D eigenvalue weighted by Crippen LogP contribution is -1.99. The zero-order valence-corrected chi connectivity index (χ0v) is 12.4. The lowest BCUT2D eigenvalue weighted by atomic mass is 9.93. The average Bonchev–Trinajstić information content (AvgIpc) is 2.90. The topological polar surface area (TPSA) is 0 Å². The second-order valence-corrected chi connectivity index (χ2v) is 5.89. The van der Waals surface area contributed by atoms with Gasteiger partial charge in [-0.3, -0.25) is 0 Å². The van der Waals surface area contributed by atoms with Crippen LogP contribution < -0.4 is 0 Å². The maximum atomic E-state index is 2.57. The second kappa shape index (κ2) is 8.19. The van der Waals surface area contributed by atoms with Gasteiger partial charge in [0, 0.05) is 0 Å². The molecule has 1 aromatic carbocycles. The number of aryl methyl sites for hydroxylation is 1. The second-order valence-electron chi connectivity index (χ2n) is 5.89. The van der Waals surface area contributed by atoms with Crippen molar-refractivity contribution in [1.82, 2.24) is 0 Å². The molecule has 0 saturated heterocycles. The van der Waals surface area contributed by atoms with Crippen molar-refractivity contribution in [1.29, 1.82) is 0 Å². The number of rotatable bonds is 7. The highest BCUT2D eigenvalue weighted by Gasteiger charge is 2.19. The summed E-state index contributed by atoms with van der Waals surface area (Å²) in [5, 5.41) is 0. The molecule has 0 N–H and O–H groups in total. The largest absolute Gasteiger partial charge is 0.0851 e. The van der Waals surface area contributed by atoms with Gasteiger partial charge in [-0.1, -0.05) is 61.7 Å². The molecule has 0 nitrogen and oxygen atoms in total. The Kier molecular flexibility index (Phi) is 6.20. The minimum atomic E-state index is 0.877. The van der Waals surface area contributed by atoms with Crippen LogP contribution in [0.25, 0.3) is 0 Å². The molecule has 0 radical (unpaired) electrons. The number of benzene rings is 1. The molecule has 0 heteroatoms. The quantitative estimate of drug-likeness (QED) is 0.419. The number of hydrogen-bond acceptors (Lipinski definition) is 0. The van der Waals surface area contributed by atoms with Crippen molar-refractivity contribution in [3.05, 3.63) is 47.5 Å². The van der Waals surface area contributed by atoms with Gasteiger partial charge in [0.05, 0.1) is 0 Å². The van der Waals surface area contributed by atoms with Crippen molar-refractivity contribution in [2.24, 2.45) is 5.92 Å². The van der Waals surface area contributed by atoms with E-state index in [1.807, 2.05) is 0 Å². The van der Waals surface area contributed by atoms with Crippen LogP contribution in [-0.4, -0.2) is 0 Å². The lowest BCUT2D eigenvalue weighted by Gasteiger charge is -2.12. The highest BCUT2D eigenvalue weighted by atomic mass is 14.2. The first kappa shape index (κ1) is 14.4. The van der Waals surface area contributed by atoms with Crippen LogP contribution in [0.1, 0.15) is 63.9 Å². The molecule has 1 unspecified atom stereocenters. The van der Waals surface area contributed by atoms with Crippen LogP contribution in [0.5, 0.6) is 0 Å². The van der Waals surface area contributed by atoms with Gasteiger partial charge in [-0.15, -0.1) is 0 Å². The van der Waals surface area contributed by atoms with Crippen LogP contribution in [0.15, 0.2) is 42.0 Å². The first-order valence-corrected chi connectivity index (χ1v) is 8.13. The summed E-state index contributed by atoms with van der Waals surface area (Å²) in [4.78, 5) is 0. The monoisotopic (exact) mass is 256 g/mol. The van der Waals surface area contributed by atoms with Crippen LogP contribution >= 0.6 is 0 Å². The summed E-state index contributed by atoms with van der Waals surface area (Å²) >= 11 is 0. The minimum absolute atomic E-state index is 0.877. The molecular weight excluding hydrogens is 228 g/mol. The molecule has 1 aliphatic carbocycles. The van der Waals surface area contributed by atoms with E-state index in [1.54, 1.807) is 5.57 Å². The van der Waals surface area contributed by atoms with Gasteiger partial charge in [0.2, 0.25) is 0 Å². The highest BCUT2D eigenvalue weighted by molar-refractivity contribution is 5.17. The van der Waals surface area contributed by atoms with Crippen molar-refractivity contribution in [2.75, 3.05) is 0 Å². The fraction of sp³-hybridized carbons (Fsp3) is 0.579. The third kappa shape index (κ3) is 4.86. The van der Waals surface area contributed by atoms with E-state index in [0.29, 0.717) is 0 Å². The Morgan fingerprint density at radius 3 is 2.79 bits per heavy atom. The summed E-state index contributed by atoms with van der Waals surface area (Å²) in [5.74, 6) is 0.877. The van der Waals surface area contributed by atoms with Gasteiger partial charge in [0.1, 0.15) is 0 Å². The molecular formula is C19H28. The predicted octanol–water partition coefficient (Wildman–Crippen LogP) is 5.93. The molecule has 0 heterocycles. The third-order valence-corrected chi connectivity index (χ3v) is 4.38. The molecule has 0 aromatic heterocycles. The molecule has 0 aliphatic heterocycles. The van der Waals surface area contributed by atoms with E-state index in [1.165, 1.54) is 63.4 Å². The fourth-order valence-corrected chi connectivity index (χ4v) is 3.21. The molecule has 1 aliphatic rings. The molecule has 0 amide bonds. The Bertz CT molecular complexity index is 374. The Morgan fingerprint density at radius 1 is 1.16 bits per heavy atom. The minimum Gasteiger partial charge on any atom is -0.0851 e. The SMILES string of the molecule is CCCCCC=C1CCCC1CCc1ccccc1. The summed E-state index contributed by atoms with van der Waals surface area (Å²) in [6.45, 7) is 2.28. The van der Waals surface area contributed by atoms with Gasteiger partial charge in [0.25, 0.3) is 0 Å². The zero-order chi connectivity index (χ0) is 13.3. The molecule has 19 heavy (non-hydrogen) atoms. The maximum Gasteiger partial charge on any atom is -0.0200 e. The normalized spacial score (nSPS) is 21.1. The van der Waals surface area contributed by atoms with E-state index in [4.69, 9.17) is 0 Å². The van der Waals surface area contributed by atoms with Crippen molar-refractivity contribution in [3.8, 4) is 0 Å². The summed E-state index contributed by atoms with van der Waals surface area (Å²) in [6, 6.07) is 11.0. The summed E-state index contributed by atoms with van der Waals surface area (Å²) < 4.78 is 0. The summed E-state index contributed by atoms with van der Waals surface area (Å²) in [5.41, 5.74) is 3.27. The van der Waals surface area contributed by atoms with Crippen LogP contribution in [0.3, 0.4) is 0 Å². The summed E-state index contributed by atoms with van der Waals surface area (Å²) in [6.07, 6.45) is 14.8. The molecule has 1 atom stereocenters. The van der Waals surface area contributed by atoms with E-state index in [0.717, 1.165) is 5.92 Å². The average molecular weight is 256 g/mol. The molecule has 2 rings (SSSR count). The highest BCUT2D eigenvalue weighted by Crippen LogP contribution is 2.34. The standard InChI is InChI=1S/C19H28/c1-2-3-4-8-12-18-13-9-14-19(18)16-15-17-10-6-5-7-11-17/h5-7,10-12,19H,2-4,8-9,13-16H2,1H3. The Hall–Kier alpha value is -1.04. The van der Waals surface area contributed by atoms with Crippen LogP contribution in [0, 0.1) is 5.92 Å². The summed E-state index contributed by atoms with van der Waals surface area (Å²) in [7, 11) is 0. The number of hydrogen-bond donors (Lipinski definition) is 0. The van der Waals surface area contributed by atoms with E-state index in [2.05, 4.69) is 43.3 Å². The van der Waals surface area contributed by atoms with Crippen molar-refractivity contribution in [2.45, 2.75) is 64.7 Å². The van der Waals surface area contributed by atoms with Crippen molar-refractivity contribution in [3.63, 3.8) is 0 Å². The molecule has 0 bridgehead atoms. The number of unbranched alkanes of at least 4 members (excludes halogenated alkanes) is 3. The first-order valence-electron chi connectivity index (χ1n) is 8.13. The van der Waals surface area contributed by atoms with Crippen LogP contribution in [-0.2, 0) is 6.42 Å². The smallest absolute Gasteiger partial charge is 0.0200 e. The van der Waals surface area contributed by atoms with Gasteiger partial charge in [-0.2, -0.15) is 0 Å². The maximum absolute atomic E-state index is 2.57. The molecule has 104 valence electrons. The molecule has 0 spiro atoms. The van der Waals surface area contributed by atoms with E-state index in [-0.39, 0.29) is 0 Å². The first-order chi connectivity index (χ1) is 9.40. The number of allylic oxidation sites excluding steroid dienone is 2. The Labute approximate surface area is 118 Å². The third-order valence-electron chi connectivity index (χ3n) is 4.38. The Balaban J connectivity index is 1.78. The van der Waals surface area contributed by atoms with Gasteiger partial charge in [-0.05, 0) is 56.4 Å². The van der Waals surface area contributed by atoms with Crippen molar-refractivity contribution >= 4 is 0 Å². The predicted molar refractivity (Wildman–Crippen MR) is 84.3 cm³/mol. The van der Waals surface area contributed by atoms with Gasteiger partial charge in [-0.25, -0.2) is 0 Å². The van der Waals surface area contributed by atoms with Crippen LogP contribution in [0.2, 0.25) is 0 Å². The molecule has 1 saturated carbocycles. The van der Waals surface area contributed by atoms with Crippen molar-refractivity contribution < 1.29 is 0 Å².